The molecule has 1 fully saturated rings. The zero-order valence-electron chi connectivity index (χ0n) is 10.5. The minimum Gasteiger partial charge on any atom is -0.326 e. The molecular formula is C13H28N2. The third-order valence-electron chi connectivity index (χ3n) is 3.33. The first-order valence-electron chi connectivity index (χ1n) is 6.57. The fraction of sp³-hybridized carbons (Fsp3) is 1.00. The highest BCUT2D eigenvalue weighted by Gasteiger charge is 2.13. The van der Waals surface area contributed by atoms with Crippen molar-refractivity contribution in [2.24, 2.45) is 11.7 Å². The highest BCUT2D eigenvalue weighted by molar-refractivity contribution is 4.72. The van der Waals surface area contributed by atoms with Gasteiger partial charge in [0.1, 0.15) is 0 Å². The number of hydrogen-bond donors (Lipinski definition) is 2. The molecule has 0 unspecified atom stereocenters. The van der Waals surface area contributed by atoms with Crippen molar-refractivity contribution < 1.29 is 0 Å². The van der Waals surface area contributed by atoms with E-state index in [4.69, 9.17) is 5.73 Å². The van der Waals surface area contributed by atoms with Crippen LogP contribution in [-0.4, -0.2) is 18.6 Å². The summed E-state index contributed by atoms with van der Waals surface area (Å²) in [6, 6.07) is 0. The summed E-state index contributed by atoms with van der Waals surface area (Å²) in [5, 5.41) is 3.57. The lowest BCUT2D eigenvalue weighted by Crippen LogP contribution is -2.33. The molecule has 0 aliphatic heterocycles. The second-order valence-electron chi connectivity index (χ2n) is 5.80. The molecule has 0 bridgehead atoms. The number of nitrogens with one attached hydrogen (secondary N) is 1. The molecule has 0 aromatic heterocycles. The predicted octanol–water partition coefficient (Wildman–Crippen LogP) is 2.67. The Balaban J connectivity index is 1.92. The summed E-state index contributed by atoms with van der Waals surface area (Å²) in [5.41, 5.74) is 5.94. The maximum atomic E-state index is 5.93. The Labute approximate surface area is 95.0 Å². The minimum atomic E-state index is 0.00647. The summed E-state index contributed by atoms with van der Waals surface area (Å²) < 4.78 is 0. The molecule has 2 nitrogen and oxygen atoms in total. The van der Waals surface area contributed by atoms with Crippen molar-refractivity contribution in [1.29, 1.82) is 0 Å². The lowest BCUT2D eigenvalue weighted by atomic mass is 9.89. The van der Waals surface area contributed by atoms with Crippen molar-refractivity contribution in [3.8, 4) is 0 Å². The topological polar surface area (TPSA) is 38.0 Å². The lowest BCUT2D eigenvalue weighted by molar-refractivity contribution is 0.338. The van der Waals surface area contributed by atoms with Gasteiger partial charge in [0.25, 0.3) is 0 Å². The summed E-state index contributed by atoms with van der Waals surface area (Å²) in [5.74, 6) is 0.949. The molecule has 2 heteroatoms. The third kappa shape index (κ3) is 6.91. The second-order valence-corrected chi connectivity index (χ2v) is 5.80. The smallest absolute Gasteiger partial charge is 0.00975 e. The Kier molecular flexibility index (Phi) is 5.62. The molecule has 0 saturated heterocycles. The first kappa shape index (κ1) is 13.0. The largest absolute Gasteiger partial charge is 0.326 e. The SMILES string of the molecule is CC(C)(N)CCCNCC1CCCCC1. The standard InChI is InChI=1S/C13H28N2/c1-13(2,14)9-6-10-15-11-12-7-4-3-5-8-12/h12,15H,3-11,14H2,1-2H3. The average molecular weight is 212 g/mol. The highest BCUT2D eigenvalue weighted by atomic mass is 14.9. The number of rotatable bonds is 6. The molecule has 1 saturated carbocycles. The van der Waals surface area contributed by atoms with E-state index in [1.807, 2.05) is 0 Å². The van der Waals surface area contributed by atoms with Gasteiger partial charge in [-0.2, -0.15) is 0 Å². The average Bonchev–Trinajstić information content (AvgIpc) is 2.17. The van der Waals surface area contributed by atoms with Gasteiger partial charge in [-0.05, 0) is 58.5 Å². The Morgan fingerprint density at radius 2 is 1.87 bits per heavy atom. The minimum absolute atomic E-state index is 0.00647. The van der Waals surface area contributed by atoms with Crippen LogP contribution in [0, 0.1) is 5.92 Å². The van der Waals surface area contributed by atoms with Crippen LogP contribution in [0.2, 0.25) is 0 Å². The van der Waals surface area contributed by atoms with Crippen LogP contribution in [0.1, 0.15) is 58.8 Å². The van der Waals surface area contributed by atoms with E-state index in [0.717, 1.165) is 18.9 Å². The van der Waals surface area contributed by atoms with Crippen molar-refractivity contribution in [3.63, 3.8) is 0 Å². The number of nitrogens with two attached hydrogens (primary N) is 1. The summed E-state index contributed by atoms with van der Waals surface area (Å²) in [6.07, 6.45) is 9.55. The molecule has 3 N–H and O–H groups in total. The van der Waals surface area contributed by atoms with Crippen LogP contribution in [0.5, 0.6) is 0 Å². The Bertz CT molecular complexity index is 154. The molecule has 15 heavy (non-hydrogen) atoms. The molecule has 0 atom stereocenters. The van der Waals surface area contributed by atoms with E-state index in [1.54, 1.807) is 0 Å². The molecule has 0 radical (unpaired) electrons. The van der Waals surface area contributed by atoms with E-state index < -0.39 is 0 Å². The highest BCUT2D eigenvalue weighted by Crippen LogP contribution is 2.22. The molecule has 1 rings (SSSR count). The van der Waals surface area contributed by atoms with Gasteiger partial charge in [-0.25, -0.2) is 0 Å². The van der Waals surface area contributed by atoms with Gasteiger partial charge in [0.05, 0.1) is 0 Å². The quantitative estimate of drug-likeness (QED) is 0.664. The predicted molar refractivity (Wildman–Crippen MR) is 66.9 cm³/mol. The fourth-order valence-corrected chi connectivity index (χ4v) is 2.37. The maximum Gasteiger partial charge on any atom is 0.00975 e. The molecule has 0 aromatic carbocycles. The zero-order chi connectivity index (χ0) is 11.1. The summed E-state index contributed by atoms with van der Waals surface area (Å²) in [7, 11) is 0. The van der Waals surface area contributed by atoms with Crippen LogP contribution in [0.4, 0.5) is 0 Å². The van der Waals surface area contributed by atoms with E-state index in [9.17, 15) is 0 Å². The van der Waals surface area contributed by atoms with E-state index in [2.05, 4.69) is 19.2 Å². The molecule has 1 aliphatic rings. The van der Waals surface area contributed by atoms with Crippen molar-refractivity contribution in [1.82, 2.24) is 5.32 Å². The van der Waals surface area contributed by atoms with Gasteiger partial charge in [0, 0.05) is 5.54 Å². The first-order valence-corrected chi connectivity index (χ1v) is 6.57. The van der Waals surface area contributed by atoms with Crippen molar-refractivity contribution >= 4 is 0 Å². The number of hydrogen-bond acceptors (Lipinski definition) is 2. The van der Waals surface area contributed by atoms with Crippen LogP contribution >= 0.6 is 0 Å². The van der Waals surface area contributed by atoms with E-state index in [0.29, 0.717) is 0 Å². The molecular weight excluding hydrogens is 184 g/mol. The summed E-state index contributed by atoms with van der Waals surface area (Å²) in [4.78, 5) is 0. The second kappa shape index (κ2) is 6.49. The Hall–Kier alpha value is -0.0800. The van der Waals surface area contributed by atoms with Gasteiger partial charge >= 0.3 is 0 Å². The monoisotopic (exact) mass is 212 g/mol. The summed E-state index contributed by atoms with van der Waals surface area (Å²) in [6.45, 7) is 6.57. The maximum absolute atomic E-state index is 5.93. The van der Waals surface area contributed by atoms with Gasteiger partial charge in [0.2, 0.25) is 0 Å². The van der Waals surface area contributed by atoms with E-state index in [1.165, 1.54) is 45.1 Å². The van der Waals surface area contributed by atoms with E-state index in [-0.39, 0.29) is 5.54 Å². The van der Waals surface area contributed by atoms with Crippen LogP contribution < -0.4 is 11.1 Å². The van der Waals surface area contributed by atoms with Gasteiger partial charge in [-0.1, -0.05) is 19.3 Å². The van der Waals surface area contributed by atoms with E-state index >= 15 is 0 Å². The van der Waals surface area contributed by atoms with Gasteiger partial charge < -0.3 is 11.1 Å². The molecule has 1 aliphatic carbocycles. The van der Waals surface area contributed by atoms with Crippen molar-refractivity contribution in [2.45, 2.75) is 64.3 Å². The van der Waals surface area contributed by atoms with Crippen molar-refractivity contribution in [3.05, 3.63) is 0 Å². The Morgan fingerprint density at radius 1 is 1.20 bits per heavy atom. The van der Waals surface area contributed by atoms with Crippen molar-refractivity contribution in [2.75, 3.05) is 13.1 Å². The van der Waals surface area contributed by atoms with Gasteiger partial charge in [-0.15, -0.1) is 0 Å². The zero-order valence-corrected chi connectivity index (χ0v) is 10.5. The Morgan fingerprint density at radius 3 is 2.47 bits per heavy atom. The van der Waals surface area contributed by atoms with Crippen LogP contribution in [0.15, 0.2) is 0 Å². The van der Waals surface area contributed by atoms with Gasteiger partial charge in [-0.3, -0.25) is 0 Å². The molecule has 0 spiro atoms. The van der Waals surface area contributed by atoms with Gasteiger partial charge in [0.15, 0.2) is 0 Å². The molecule has 0 heterocycles. The third-order valence-corrected chi connectivity index (χ3v) is 3.33. The molecule has 0 aromatic rings. The molecule has 90 valence electrons. The van der Waals surface area contributed by atoms with Crippen LogP contribution in [0.25, 0.3) is 0 Å². The normalized spacial score (nSPS) is 19.4. The fourth-order valence-electron chi connectivity index (χ4n) is 2.37. The lowest BCUT2D eigenvalue weighted by Gasteiger charge is -2.22. The van der Waals surface area contributed by atoms with Crippen LogP contribution in [0.3, 0.4) is 0 Å². The first-order chi connectivity index (χ1) is 7.08. The summed E-state index contributed by atoms with van der Waals surface area (Å²) >= 11 is 0. The van der Waals surface area contributed by atoms with Crippen LogP contribution in [-0.2, 0) is 0 Å². The molecule has 0 amide bonds.